The number of para-hydroxylation sites is 2. The Hall–Kier alpha value is -3.55. The van der Waals surface area contributed by atoms with Crippen molar-refractivity contribution in [1.29, 1.82) is 0 Å². The van der Waals surface area contributed by atoms with Crippen LogP contribution in [-0.4, -0.2) is 30.1 Å². The van der Waals surface area contributed by atoms with E-state index in [9.17, 15) is 14.7 Å². The number of methoxy groups -OCH3 is 1. The second-order valence-electron chi connectivity index (χ2n) is 7.57. The van der Waals surface area contributed by atoms with Crippen molar-refractivity contribution in [1.82, 2.24) is 0 Å². The summed E-state index contributed by atoms with van der Waals surface area (Å²) in [4.78, 5) is 34.2. The third-order valence-electron chi connectivity index (χ3n) is 5.76. The van der Waals surface area contributed by atoms with Crippen LogP contribution >= 0.6 is 11.6 Å². The Labute approximate surface area is 189 Å². The van der Waals surface area contributed by atoms with Crippen LogP contribution in [0.5, 0.6) is 11.5 Å². The van der Waals surface area contributed by atoms with Crippen molar-refractivity contribution < 1.29 is 24.3 Å². The second kappa shape index (κ2) is 7.85. The molecular formula is C24H19ClN2O5. The number of carbonyl (C=O) groups excluding carboxylic acids is 2. The van der Waals surface area contributed by atoms with E-state index < -0.39 is 24.0 Å². The van der Waals surface area contributed by atoms with E-state index in [1.165, 1.54) is 7.11 Å². The van der Waals surface area contributed by atoms with Gasteiger partial charge in [0.15, 0.2) is 6.10 Å². The molecule has 3 atom stereocenters. The zero-order valence-corrected chi connectivity index (χ0v) is 17.8. The minimum atomic E-state index is -0.998. The first-order valence-electron chi connectivity index (χ1n) is 10.0. The summed E-state index contributed by atoms with van der Waals surface area (Å²) in [6.45, 7) is 0. The Morgan fingerprint density at radius 1 is 0.938 bits per heavy atom. The number of rotatable bonds is 4. The van der Waals surface area contributed by atoms with Gasteiger partial charge in [-0.15, -0.1) is 0 Å². The van der Waals surface area contributed by atoms with E-state index in [2.05, 4.69) is 0 Å². The summed E-state index contributed by atoms with van der Waals surface area (Å²) in [5.41, 5.74) is 1.77. The van der Waals surface area contributed by atoms with E-state index in [1.807, 2.05) is 0 Å². The van der Waals surface area contributed by atoms with Crippen molar-refractivity contribution >= 4 is 34.8 Å². The van der Waals surface area contributed by atoms with Gasteiger partial charge in [0.2, 0.25) is 5.91 Å². The Morgan fingerprint density at radius 2 is 1.62 bits per heavy atom. The number of anilines is 2. The maximum absolute atomic E-state index is 13.6. The van der Waals surface area contributed by atoms with Gasteiger partial charge in [0.05, 0.1) is 24.5 Å². The minimum absolute atomic E-state index is 0.103. The number of aromatic hydroxyl groups is 1. The van der Waals surface area contributed by atoms with Crippen molar-refractivity contribution in [2.75, 3.05) is 17.1 Å². The van der Waals surface area contributed by atoms with Gasteiger partial charge in [-0.25, -0.2) is 9.96 Å². The Bertz CT molecular complexity index is 1180. The summed E-state index contributed by atoms with van der Waals surface area (Å²) in [5, 5.41) is 11.9. The molecule has 0 aromatic heterocycles. The van der Waals surface area contributed by atoms with E-state index in [0.29, 0.717) is 22.1 Å². The van der Waals surface area contributed by atoms with Gasteiger partial charge in [0.1, 0.15) is 17.4 Å². The molecule has 2 aliphatic heterocycles. The third-order valence-corrected chi connectivity index (χ3v) is 6.01. The number of ether oxygens (including phenoxy) is 1. The summed E-state index contributed by atoms with van der Waals surface area (Å²) in [7, 11) is 1.49. The molecule has 162 valence electrons. The van der Waals surface area contributed by atoms with Gasteiger partial charge in [-0.05, 0) is 54.1 Å². The largest absolute Gasteiger partial charge is 0.508 e. The molecule has 7 nitrogen and oxygen atoms in total. The molecule has 3 aromatic rings. The molecule has 0 saturated carbocycles. The molecule has 2 amide bonds. The number of carbonyl (C=O) groups is 2. The number of phenolic OH excluding ortho intramolecular Hbond substituents is 1. The SMILES string of the molecule is COc1ccccc1N1C(=O)[C@H]2[C@H](ON(c3ccc(Cl)cc3)[C@@H]2c2ccc(O)cc2)C1=O. The normalized spacial score (nSPS) is 22.4. The lowest BCUT2D eigenvalue weighted by atomic mass is 9.90. The molecule has 3 aromatic carbocycles. The van der Waals surface area contributed by atoms with E-state index in [-0.39, 0.29) is 11.7 Å². The number of nitrogens with zero attached hydrogens (tertiary/aromatic N) is 2. The monoisotopic (exact) mass is 450 g/mol. The van der Waals surface area contributed by atoms with Crippen molar-refractivity contribution in [3.8, 4) is 11.5 Å². The molecule has 2 aliphatic rings. The summed E-state index contributed by atoms with van der Waals surface area (Å²) >= 11 is 6.03. The molecule has 2 heterocycles. The predicted octanol–water partition coefficient (Wildman–Crippen LogP) is 4.11. The standard InChI is InChI=1S/C24H19ClN2O5/c1-31-19-5-3-2-4-18(19)26-23(29)20-21(14-6-12-17(28)13-7-14)27(32-22(20)24(26)30)16-10-8-15(25)9-11-16/h2-13,20-22,28H,1H3/t20-,21-,22+/m1/s1. The summed E-state index contributed by atoms with van der Waals surface area (Å²) < 4.78 is 5.37. The van der Waals surface area contributed by atoms with Gasteiger partial charge in [-0.2, -0.15) is 0 Å². The highest BCUT2D eigenvalue weighted by molar-refractivity contribution is 6.30. The van der Waals surface area contributed by atoms with Crippen LogP contribution in [0.1, 0.15) is 11.6 Å². The fourth-order valence-electron chi connectivity index (χ4n) is 4.29. The van der Waals surface area contributed by atoms with Gasteiger partial charge in [-0.1, -0.05) is 35.9 Å². The van der Waals surface area contributed by atoms with Gasteiger partial charge < -0.3 is 9.84 Å². The van der Waals surface area contributed by atoms with Crippen molar-refractivity contribution in [3.05, 3.63) is 83.4 Å². The number of imide groups is 1. The zero-order chi connectivity index (χ0) is 22.4. The summed E-state index contributed by atoms with van der Waals surface area (Å²) in [6.07, 6.45) is -0.998. The number of hydroxylamine groups is 1. The number of hydrogen-bond donors (Lipinski definition) is 1. The molecule has 32 heavy (non-hydrogen) atoms. The summed E-state index contributed by atoms with van der Waals surface area (Å²) in [5.74, 6) is -1.09. The molecule has 0 aliphatic carbocycles. The van der Waals surface area contributed by atoms with Crippen molar-refractivity contribution in [2.45, 2.75) is 12.1 Å². The maximum atomic E-state index is 13.6. The molecule has 2 saturated heterocycles. The Kier molecular flexibility index (Phi) is 5.00. The van der Waals surface area contributed by atoms with E-state index >= 15 is 0 Å². The van der Waals surface area contributed by atoms with Gasteiger partial charge in [0, 0.05) is 5.02 Å². The van der Waals surface area contributed by atoms with Crippen LogP contribution in [0.25, 0.3) is 0 Å². The van der Waals surface area contributed by atoms with Crippen LogP contribution in [0.3, 0.4) is 0 Å². The van der Waals surface area contributed by atoms with Crippen molar-refractivity contribution in [2.24, 2.45) is 5.92 Å². The van der Waals surface area contributed by atoms with E-state index in [0.717, 1.165) is 10.5 Å². The lowest BCUT2D eigenvalue weighted by Crippen LogP contribution is -2.37. The fourth-order valence-corrected chi connectivity index (χ4v) is 4.41. The molecule has 1 N–H and O–H groups in total. The first-order chi connectivity index (χ1) is 15.5. The van der Waals surface area contributed by atoms with Crippen molar-refractivity contribution in [3.63, 3.8) is 0 Å². The smallest absolute Gasteiger partial charge is 0.266 e. The molecule has 5 rings (SSSR count). The molecule has 2 fully saturated rings. The molecule has 0 radical (unpaired) electrons. The minimum Gasteiger partial charge on any atom is -0.508 e. The number of hydrogen-bond acceptors (Lipinski definition) is 6. The average molecular weight is 451 g/mol. The van der Waals surface area contributed by atoms with E-state index in [1.54, 1.807) is 77.9 Å². The lowest BCUT2D eigenvalue weighted by Gasteiger charge is -2.29. The highest BCUT2D eigenvalue weighted by Crippen LogP contribution is 2.48. The average Bonchev–Trinajstić information content (AvgIpc) is 3.31. The predicted molar refractivity (Wildman–Crippen MR) is 119 cm³/mol. The highest BCUT2D eigenvalue weighted by Gasteiger charge is 2.60. The first-order valence-corrected chi connectivity index (χ1v) is 10.4. The number of halogens is 1. The molecule has 0 bridgehead atoms. The Balaban J connectivity index is 1.59. The topological polar surface area (TPSA) is 79.3 Å². The summed E-state index contributed by atoms with van der Waals surface area (Å²) in [6, 6.07) is 19.8. The van der Waals surface area contributed by atoms with Crippen LogP contribution in [0, 0.1) is 5.92 Å². The molecular weight excluding hydrogens is 432 g/mol. The zero-order valence-electron chi connectivity index (χ0n) is 17.0. The van der Waals surface area contributed by atoms with E-state index in [4.69, 9.17) is 21.2 Å². The van der Waals surface area contributed by atoms with Gasteiger partial charge in [-0.3, -0.25) is 14.4 Å². The maximum Gasteiger partial charge on any atom is 0.266 e. The number of phenols is 1. The third kappa shape index (κ3) is 3.18. The van der Waals surface area contributed by atoms with Gasteiger partial charge in [0.25, 0.3) is 5.91 Å². The van der Waals surface area contributed by atoms with Crippen LogP contribution in [0.15, 0.2) is 72.8 Å². The second-order valence-corrected chi connectivity index (χ2v) is 8.01. The van der Waals surface area contributed by atoms with Crippen LogP contribution in [0.4, 0.5) is 11.4 Å². The lowest BCUT2D eigenvalue weighted by molar-refractivity contribution is -0.126. The molecule has 0 unspecified atom stereocenters. The van der Waals surface area contributed by atoms with Crippen LogP contribution < -0.4 is 14.7 Å². The van der Waals surface area contributed by atoms with Crippen LogP contribution in [-0.2, 0) is 14.4 Å². The molecule has 8 heteroatoms. The number of fused-ring (bicyclic) bond motifs is 1. The fraction of sp³-hybridized carbons (Fsp3) is 0.167. The van der Waals surface area contributed by atoms with Gasteiger partial charge >= 0.3 is 0 Å². The molecule has 0 spiro atoms. The quantitative estimate of drug-likeness (QED) is 0.603. The number of amides is 2. The number of benzene rings is 3. The first kappa shape index (κ1) is 20.4. The highest BCUT2D eigenvalue weighted by atomic mass is 35.5. The Morgan fingerprint density at radius 3 is 2.31 bits per heavy atom. The van der Waals surface area contributed by atoms with Crippen LogP contribution in [0.2, 0.25) is 5.02 Å².